The van der Waals surface area contributed by atoms with Gasteiger partial charge in [0.25, 0.3) is 0 Å². The van der Waals surface area contributed by atoms with Crippen molar-refractivity contribution < 1.29 is 18.3 Å². The fourth-order valence-corrected chi connectivity index (χ4v) is 2.43. The zero-order chi connectivity index (χ0) is 15.9. The summed E-state index contributed by atoms with van der Waals surface area (Å²) in [5.74, 6) is 0. The first-order chi connectivity index (χ1) is 9.87. The van der Waals surface area contributed by atoms with Gasteiger partial charge in [-0.3, -0.25) is 0 Å². The zero-order valence-electron chi connectivity index (χ0n) is 11.9. The Kier molecular flexibility index (Phi) is 7.48. The molecule has 0 fully saturated rings. The van der Waals surface area contributed by atoms with Crippen molar-refractivity contribution in [2.45, 2.75) is 26.1 Å². The highest BCUT2D eigenvalue weighted by Gasteiger charge is 2.31. The molecule has 120 valence electrons. The van der Waals surface area contributed by atoms with Crippen LogP contribution in [-0.4, -0.2) is 37.5 Å². The van der Waals surface area contributed by atoms with Crippen molar-refractivity contribution >= 4 is 21.6 Å². The minimum Gasteiger partial charge on any atom is -0.395 e. The Morgan fingerprint density at radius 1 is 1.33 bits per heavy atom. The second kappa shape index (κ2) is 8.60. The predicted octanol–water partition coefficient (Wildman–Crippen LogP) is 3.31. The first kappa shape index (κ1) is 18.3. The molecule has 0 saturated carbocycles. The van der Waals surface area contributed by atoms with E-state index in [1.807, 2.05) is 6.92 Å². The molecule has 0 aliphatic rings. The molecule has 0 aliphatic heterocycles. The number of halogens is 4. The lowest BCUT2D eigenvalue weighted by molar-refractivity contribution is -0.119. The van der Waals surface area contributed by atoms with Crippen LogP contribution in [0.4, 0.5) is 18.9 Å². The van der Waals surface area contributed by atoms with Gasteiger partial charge in [0.05, 0.1) is 6.61 Å². The van der Waals surface area contributed by atoms with Crippen LogP contribution in [0, 0.1) is 0 Å². The number of nitrogens with zero attached hydrogens (tertiary/aromatic N) is 1. The van der Waals surface area contributed by atoms with Gasteiger partial charge in [-0.2, -0.15) is 13.2 Å². The molecule has 0 bridgehead atoms. The number of nitrogens with one attached hydrogen (secondary N) is 1. The van der Waals surface area contributed by atoms with E-state index in [0.29, 0.717) is 12.2 Å². The highest BCUT2D eigenvalue weighted by molar-refractivity contribution is 9.10. The van der Waals surface area contributed by atoms with Crippen molar-refractivity contribution in [3.63, 3.8) is 0 Å². The second-order valence-corrected chi connectivity index (χ2v) is 5.63. The maximum Gasteiger partial charge on any atom is 0.405 e. The monoisotopic (exact) mass is 368 g/mol. The van der Waals surface area contributed by atoms with E-state index in [4.69, 9.17) is 5.11 Å². The Morgan fingerprint density at radius 2 is 2.05 bits per heavy atom. The second-order valence-electron chi connectivity index (χ2n) is 4.71. The summed E-state index contributed by atoms with van der Waals surface area (Å²) < 4.78 is 38.9. The number of hydrogen-bond acceptors (Lipinski definition) is 3. The van der Waals surface area contributed by atoms with E-state index >= 15 is 0 Å². The summed E-state index contributed by atoms with van der Waals surface area (Å²) in [5, 5.41) is 12.2. The number of anilines is 1. The smallest absolute Gasteiger partial charge is 0.395 e. The molecule has 1 aromatic rings. The molecule has 3 nitrogen and oxygen atoms in total. The third kappa shape index (κ3) is 6.67. The van der Waals surface area contributed by atoms with Gasteiger partial charge in [0.2, 0.25) is 0 Å². The van der Waals surface area contributed by atoms with Crippen molar-refractivity contribution in [3.05, 3.63) is 28.2 Å². The van der Waals surface area contributed by atoms with Crippen molar-refractivity contribution in [3.8, 4) is 0 Å². The molecular weight excluding hydrogens is 349 g/mol. The van der Waals surface area contributed by atoms with E-state index in [0.717, 1.165) is 27.9 Å². The first-order valence-corrected chi connectivity index (χ1v) is 7.58. The molecule has 7 heteroatoms. The summed E-state index contributed by atoms with van der Waals surface area (Å²) in [4.78, 5) is 1.16. The molecule has 0 radical (unpaired) electrons. The van der Waals surface area contributed by atoms with Crippen LogP contribution in [-0.2, 0) is 6.54 Å². The third-order valence-corrected chi connectivity index (χ3v) is 3.36. The zero-order valence-corrected chi connectivity index (χ0v) is 13.5. The maximum absolute atomic E-state index is 12.7. The van der Waals surface area contributed by atoms with Gasteiger partial charge >= 0.3 is 6.18 Å². The van der Waals surface area contributed by atoms with Crippen LogP contribution in [0.2, 0.25) is 0 Å². The van der Waals surface area contributed by atoms with E-state index in [1.165, 1.54) is 0 Å². The Hall–Kier alpha value is -0.790. The summed E-state index contributed by atoms with van der Waals surface area (Å²) in [6.45, 7) is 1.86. The molecule has 1 rings (SSSR count). The van der Waals surface area contributed by atoms with Crippen LogP contribution in [0.15, 0.2) is 22.7 Å². The van der Waals surface area contributed by atoms with Gasteiger partial charge in [-0.1, -0.05) is 22.9 Å². The minimum atomic E-state index is -4.31. The Morgan fingerprint density at radius 3 is 2.62 bits per heavy atom. The fourth-order valence-electron chi connectivity index (χ4n) is 2.03. The van der Waals surface area contributed by atoms with Gasteiger partial charge in [-0.25, -0.2) is 0 Å². The lowest BCUT2D eigenvalue weighted by Gasteiger charge is -2.27. The van der Waals surface area contributed by atoms with Crippen LogP contribution in [0.3, 0.4) is 0 Å². The number of alkyl halides is 3. The highest BCUT2D eigenvalue weighted by atomic mass is 79.9. The quantitative estimate of drug-likeness (QED) is 0.691. The normalized spacial score (nSPS) is 11.7. The molecule has 0 unspecified atom stereocenters. The lowest BCUT2D eigenvalue weighted by atomic mass is 10.1. The largest absolute Gasteiger partial charge is 0.405 e. The minimum absolute atomic E-state index is 0.0537. The topological polar surface area (TPSA) is 35.5 Å². The average Bonchev–Trinajstić information content (AvgIpc) is 2.37. The summed E-state index contributed by atoms with van der Waals surface area (Å²) in [6, 6.07) is 5.16. The molecule has 1 aromatic carbocycles. The van der Waals surface area contributed by atoms with E-state index in [9.17, 15) is 13.2 Å². The molecule has 2 N–H and O–H groups in total. The molecule has 0 spiro atoms. The average molecular weight is 369 g/mol. The van der Waals surface area contributed by atoms with E-state index < -0.39 is 12.7 Å². The standard InChI is InChI=1S/C14H20BrF3N2O/c1-2-5-19-9-11-8-12(15)3-4-13(11)20(6-7-21)10-14(16,17)18/h3-4,8,19,21H,2,5-7,9-10H2,1H3. The van der Waals surface area contributed by atoms with E-state index in [2.05, 4.69) is 21.2 Å². The fraction of sp³-hybridized carbons (Fsp3) is 0.571. The molecule has 0 amide bonds. The summed E-state index contributed by atoms with van der Waals surface area (Å²) in [5.41, 5.74) is 1.27. The molecule has 0 saturated heterocycles. The van der Waals surface area contributed by atoms with Gasteiger partial charge in [0.15, 0.2) is 0 Å². The van der Waals surface area contributed by atoms with E-state index in [-0.39, 0.29) is 13.2 Å². The van der Waals surface area contributed by atoms with Crippen molar-refractivity contribution in [2.24, 2.45) is 0 Å². The van der Waals surface area contributed by atoms with Crippen molar-refractivity contribution in [1.82, 2.24) is 5.32 Å². The van der Waals surface area contributed by atoms with Crippen LogP contribution in [0.25, 0.3) is 0 Å². The molecular formula is C14H20BrF3N2O. The maximum atomic E-state index is 12.7. The number of hydrogen-bond donors (Lipinski definition) is 2. The van der Waals surface area contributed by atoms with Crippen LogP contribution in [0.1, 0.15) is 18.9 Å². The number of aliphatic hydroxyl groups excluding tert-OH is 1. The Labute approximate surface area is 131 Å². The van der Waals surface area contributed by atoms with Crippen LogP contribution >= 0.6 is 15.9 Å². The van der Waals surface area contributed by atoms with Crippen molar-refractivity contribution in [1.29, 1.82) is 0 Å². The van der Waals surface area contributed by atoms with Crippen LogP contribution < -0.4 is 10.2 Å². The number of rotatable bonds is 8. The Bertz CT molecular complexity index is 441. The molecule has 0 aliphatic carbocycles. The van der Waals surface area contributed by atoms with Gasteiger partial charge in [-0.15, -0.1) is 0 Å². The predicted molar refractivity (Wildman–Crippen MR) is 81.5 cm³/mol. The van der Waals surface area contributed by atoms with Gasteiger partial charge in [0, 0.05) is 23.2 Å². The molecule has 0 heterocycles. The third-order valence-electron chi connectivity index (χ3n) is 2.86. The molecule has 21 heavy (non-hydrogen) atoms. The van der Waals surface area contributed by atoms with E-state index in [1.54, 1.807) is 18.2 Å². The molecule has 0 atom stereocenters. The lowest BCUT2D eigenvalue weighted by Crippen LogP contribution is -2.37. The summed E-state index contributed by atoms with van der Waals surface area (Å²) >= 11 is 3.34. The van der Waals surface area contributed by atoms with Gasteiger partial charge in [-0.05, 0) is 36.7 Å². The highest BCUT2D eigenvalue weighted by Crippen LogP contribution is 2.27. The number of aliphatic hydroxyl groups is 1. The summed E-state index contributed by atoms with van der Waals surface area (Å²) in [6.07, 6.45) is -3.36. The summed E-state index contributed by atoms with van der Waals surface area (Å²) in [7, 11) is 0. The van der Waals surface area contributed by atoms with Crippen LogP contribution in [0.5, 0.6) is 0 Å². The SMILES string of the molecule is CCCNCc1cc(Br)ccc1N(CCO)CC(F)(F)F. The molecule has 0 aromatic heterocycles. The Balaban J connectivity index is 2.99. The number of benzene rings is 1. The van der Waals surface area contributed by atoms with Gasteiger partial charge < -0.3 is 15.3 Å². The van der Waals surface area contributed by atoms with Gasteiger partial charge in [0.1, 0.15) is 6.54 Å². The van der Waals surface area contributed by atoms with Crippen molar-refractivity contribution in [2.75, 3.05) is 31.1 Å². The first-order valence-electron chi connectivity index (χ1n) is 6.79.